The minimum Gasteiger partial charge on any atom is -0.326 e. The summed E-state index contributed by atoms with van der Waals surface area (Å²) < 4.78 is 27.9. The Labute approximate surface area is 141 Å². The Kier molecular flexibility index (Phi) is 5.16. The predicted octanol–water partition coefficient (Wildman–Crippen LogP) is 4.02. The molecule has 0 amide bonds. The molecule has 0 bridgehead atoms. The van der Waals surface area contributed by atoms with Crippen molar-refractivity contribution in [1.82, 2.24) is 0 Å². The molecule has 2 rings (SSSR count). The molecule has 0 radical (unpaired) electrons. The van der Waals surface area contributed by atoms with Crippen LogP contribution in [0.4, 0.5) is 5.69 Å². The first-order valence-electron chi connectivity index (χ1n) is 5.80. The van der Waals surface area contributed by atoms with Crippen LogP contribution in [0.25, 0.3) is 0 Å². The van der Waals surface area contributed by atoms with Gasteiger partial charge in [-0.15, -0.1) is 0 Å². The van der Waals surface area contributed by atoms with Crippen LogP contribution in [0.2, 0.25) is 10.0 Å². The Morgan fingerprint density at radius 2 is 1.86 bits per heavy atom. The Morgan fingerprint density at radius 1 is 1.14 bits per heavy atom. The molecule has 0 saturated heterocycles. The summed E-state index contributed by atoms with van der Waals surface area (Å²) in [5.41, 5.74) is 6.53. The van der Waals surface area contributed by atoms with Crippen LogP contribution in [0.3, 0.4) is 0 Å². The van der Waals surface area contributed by atoms with Gasteiger partial charge in [-0.05, 0) is 51.8 Å². The number of nitrogens with two attached hydrogens (primary N) is 1. The van der Waals surface area contributed by atoms with Crippen molar-refractivity contribution in [3.05, 3.63) is 56.5 Å². The van der Waals surface area contributed by atoms with Gasteiger partial charge in [0.05, 0.1) is 10.7 Å². The fraction of sp³-hybridized carbons (Fsp3) is 0.0769. The molecule has 112 valence electrons. The van der Waals surface area contributed by atoms with E-state index in [9.17, 15) is 8.42 Å². The van der Waals surface area contributed by atoms with Crippen LogP contribution in [0.1, 0.15) is 5.56 Å². The molecule has 2 aromatic carbocycles. The molecule has 0 heterocycles. The minimum absolute atomic E-state index is 0.0287. The zero-order chi connectivity index (χ0) is 15.6. The van der Waals surface area contributed by atoms with Gasteiger partial charge in [0.25, 0.3) is 10.0 Å². The van der Waals surface area contributed by atoms with E-state index >= 15 is 0 Å². The highest BCUT2D eigenvalue weighted by Crippen LogP contribution is 2.30. The topological polar surface area (TPSA) is 72.2 Å². The van der Waals surface area contributed by atoms with Gasteiger partial charge in [-0.2, -0.15) is 0 Å². The number of hydrogen-bond donors (Lipinski definition) is 2. The second-order valence-corrected chi connectivity index (χ2v) is 7.55. The smallest absolute Gasteiger partial charge is 0.263 e. The number of sulfonamides is 1. The highest BCUT2D eigenvalue weighted by Gasteiger charge is 2.19. The quantitative estimate of drug-likeness (QED) is 0.800. The highest BCUT2D eigenvalue weighted by atomic mass is 79.9. The van der Waals surface area contributed by atoms with Crippen molar-refractivity contribution in [2.24, 2.45) is 5.73 Å². The maximum absolute atomic E-state index is 12.5. The van der Waals surface area contributed by atoms with Gasteiger partial charge >= 0.3 is 0 Å². The fourth-order valence-electron chi connectivity index (χ4n) is 1.66. The molecule has 0 aliphatic carbocycles. The predicted molar refractivity (Wildman–Crippen MR) is 89.3 cm³/mol. The van der Waals surface area contributed by atoms with Crippen LogP contribution in [0.5, 0.6) is 0 Å². The summed E-state index contributed by atoms with van der Waals surface area (Å²) in [5.74, 6) is 0. The van der Waals surface area contributed by atoms with Gasteiger partial charge in [0.2, 0.25) is 0 Å². The molecule has 0 saturated carbocycles. The largest absolute Gasteiger partial charge is 0.326 e. The minimum atomic E-state index is -3.84. The zero-order valence-electron chi connectivity index (χ0n) is 10.6. The van der Waals surface area contributed by atoms with E-state index in [4.69, 9.17) is 28.9 Å². The van der Waals surface area contributed by atoms with Gasteiger partial charge in [-0.3, -0.25) is 4.72 Å². The zero-order valence-corrected chi connectivity index (χ0v) is 14.5. The van der Waals surface area contributed by atoms with Crippen LogP contribution in [-0.2, 0) is 16.6 Å². The second-order valence-electron chi connectivity index (χ2n) is 4.20. The van der Waals surface area contributed by atoms with Crippen molar-refractivity contribution in [3.63, 3.8) is 0 Å². The van der Waals surface area contributed by atoms with Gasteiger partial charge in [-0.25, -0.2) is 8.42 Å². The van der Waals surface area contributed by atoms with Crippen LogP contribution in [-0.4, -0.2) is 8.42 Å². The standard InChI is InChI=1S/C13H11BrCl2N2O2S/c14-10-3-2-9(15)6-12(10)18-21(19,20)13-5-8(7-17)1-4-11(13)16/h1-6,18H,7,17H2. The van der Waals surface area contributed by atoms with E-state index in [1.165, 1.54) is 18.2 Å². The number of benzene rings is 2. The van der Waals surface area contributed by atoms with Gasteiger partial charge < -0.3 is 5.73 Å². The van der Waals surface area contributed by atoms with E-state index in [-0.39, 0.29) is 16.5 Å². The molecule has 0 spiro atoms. The third-order valence-electron chi connectivity index (χ3n) is 2.69. The summed E-state index contributed by atoms with van der Waals surface area (Å²) in [5, 5.41) is 0.538. The molecule has 0 aliphatic rings. The lowest BCUT2D eigenvalue weighted by Crippen LogP contribution is -2.14. The summed E-state index contributed by atoms with van der Waals surface area (Å²) in [6.07, 6.45) is 0. The summed E-state index contributed by atoms with van der Waals surface area (Å²) in [6.45, 7) is 0.223. The molecule has 4 nitrogen and oxygen atoms in total. The number of rotatable bonds is 4. The Morgan fingerprint density at radius 3 is 2.52 bits per heavy atom. The van der Waals surface area contributed by atoms with Crippen LogP contribution in [0, 0.1) is 0 Å². The van der Waals surface area contributed by atoms with Crippen molar-refractivity contribution in [2.75, 3.05) is 4.72 Å². The number of anilines is 1. The van der Waals surface area contributed by atoms with E-state index in [1.807, 2.05) is 0 Å². The van der Waals surface area contributed by atoms with Crippen LogP contribution >= 0.6 is 39.1 Å². The monoisotopic (exact) mass is 408 g/mol. The maximum Gasteiger partial charge on any atom is 0.263 e. The normalized spacial score (nSPS) is 11.4. The van der Waals surface area contributed by atoms with E-state index in [1.54, 1.807) is 18.2 Å². The lowest BCUT2D eigenvalue weighted by Gasteiger charge is -2.12. The lowest BCUT2D eigenvalue weighted by atomic mass is 10.2. The van der Waals surface area contributed by atoms with E-state index in [0.29, 0.717) is 20.7 Å². The molecule has 2 aromatic rings. The van der Waals surface area contributed by atoms with E-state index < -0.39 is 10.0 Å². The third-order valence-corrected chi connectivity index (χ3v) is 5.47. The van der Waals surface area contributed by atoms with Gasteiger partial charge in [0, 0.05) is 16.0 Å². The van der Waals surface area contributed by atoms with Crippen molar-refractivity contribution < 1.29 is 8.42 Å². The van der Waals surface area contributed by atoms with Crippen molar-refractivity contribution in [1.29, 1.82) is 0 Å². The molecule has 0 unspecified atom stereocenters. The van der Waals surface area contributed by atoms with Gasteiger partial charge in [-0.1, -0.05) is 29.3 Å². The van der Waals surface area contributed by atoms with Gasteiger partial charge in [0.1, 0.15) is 4.90 Å². The molecular formula is C13H11BrCl2N2O2S. The highest BCUT2D eigenvalue weighted by molar-refractivity contribution is 9.10. The third kappa shape index (κ3) is 3.90. The molecule has 0 atom stereocenters. The lowest BCUT2D eigenvalue weighted by molar-refractivity contribution is 0.601. The van der Waals surface area contributed by atoms with Crippen molar-refractivity contribution in [2.45, 2.75) is 11.4 Å². The summed E-state index contributed by atoms with van der Waals surface area (Å²) in [4.78, 5) is -0.0287. The maximum atomic E-state index is 12.5. The molecule has 3 N–H and O–H groups in total. The summed E-state index contributed by atoms with van der Waals surface area (Å²) in [7, 11) is -3.84. The molecule has 8 heteroatoms. The number of halogens is 3. The van der Waals surface area contributed by atoms with Crippen molar-refractivity contribution >= 4 is 54.8 Å². The first-order chi connectivity index (χ1) is 9.83. The molecular weight excluding hydrogens is 399 g/mol. The SMILES string of the molecule is NCc1ccc(Cl)c(S(=O)(=O)Nc2cc(Cl)ccc2Br)c1. The molecule has 0 fully saturated rings. The Balaban J connectivity index is 2.45. The van der Waals surface area contributed by atoms with E-state index in [2.05, 4.69) is 20.7 Å². The molecule has 21 heavy (non-hydrogen) atoms. The Bertz CT molecular complexity index is 782. The van der Waals surface area contributed by atoms with Crippen molar-refractivity contribution in [3.8, 4) is 0 Å². The summed E-state index contributed by atoms with van der Waals surface area (Å²) >= 11 is 15.1. The number of hydrogen-bond acceptors (Lipinski definition) is 3. The summed E-state index contributed by atoms with van der Waals surface area (Å²) in [6, 6.07) is 9.43. The first kappa shape index (κ1) is 16.6. The van der Waals surface area contributed by atoms with Gasteiger partial charge in [0.15, 0.2) is 0 Å². The second kappa shape index (κ2) is 6.54. The average Bonchev–Trinajstić information content (AvgIpc) is 2.43. The van der Waals surface area contributed by atoms with Crippen LogP contribution < -0.4 is 10.5 Å². The Hall–Kier alpha value is -0.790. The average molecular weight is 410 g/mol. The molecule has 0 aliphatic heterocycles. The van der Waals surface area contributed by atoms with E-state index in [0.717, 1.165) is 0 Å². The van der Waals surface area contributed by atoms with Crippen LogP contribution in [0.15, 0.2) is 45.8 Å². The number of nitrogens with one attached hydrogen (secondary N) is 1. The fourth-order valence-corrected chi connectivity index (χ4v) is 3.93. The molecule has 0 aromatic heterocycles. The first-order valence-corrected chi connectivity index (χ1v) is 8.83.